The van der Waals surface area contributed by atoms with Crippen LogP contribution in [0.25, 0.3) is 0 Å². The van der Waals surface area contributed by atoms with Gasteiger partial charge in [-0.1, -0.05) is 56.5 Å². The number of hydrogen-bond acceptors (Lipinski definition) is 2. The van der Waals surface area contributed by atoms with Crippen molar-refractivity contribution < 1.29 is 0 Å². The summed E-state index contributed by atoms with van der Waals surface area (Å²) in [4.78, 5) is 0. The first-order valence-corrected chi connectivity index (χ1v) is 7.72. The molecular weight excluding hydrogens is 232 g/mol. The van der Waals surface area contributed by atoms with Gasteiger partial charge in [0.2, 0.25) is 0 Å². The molecule has 0 spiro atoms. The van der Waals surface area contributed by atoms with Crippen LogP contribution in [0.2, 0.25) is 0 Å². The Morgan fingerprint density at radius 1 is 1.37 bits per heavy atom. The lowest BCUT2D eigenvalue weighted by Crippen LogP contribution is -2.54. The van der Waals surface area contributed by atoms with Gasteiger partial charge in [-0.2, -0.15) is 0 Å². The summed E-state index contributed by atoms with van der Waals surface area (Å²) in [5, 5.41) is 3.84. The van der Waals surface area contributed by atoms with E-state index in [4.69, 9.17) is 5.73 Å². The predicted molar refractivity (Wildman–Crippen MR) is 82.0 cm³/mol. The van der Waals surface area contributed by atoms with Gasteiger partial charge in [-0.25, -0.2) is 0 Å². The first-order chi connectivity index (χ1) is 9.19. The number of benzene rings is 1. The van der Waals surface area contributed by atoms with Crippen LogP contribution in [-0.2, 0) is 0 Å². The average Bonchev–Trinajstić information content (AvgIpc) is 2.48. The van der Waals surface area contributed by atoms with Crippen LogP contribution in [0, 0.1) is 5.92 Å². The summed E-state index contributed by atoms with van der Waals surface area (Å²) in [6.45, 7) is 5.31. The van der Waals surface area contributed by atoms with Gasteiger partial charge in [0.1, 0.15) is 0 Å². The van der Waals surface area contributed by atoms with Crippen molar-refractivity contribution in [2.24, 2.45) is 11.7 Å². The smallest absolute Gasteiger partial charge is 0.0312 e. The van der Waals surface area contributed by atoms with Crippen molar-refractivity contribution in [3.05, 3.63) is 35.9 Å². The Morgan fingerprint density at radius 2 is 2.11 bits per heavy atom. The van der Waals surface area contributed by atoms with Gasteiger partial charge in [-0.05, 0) is 31.2 Å². The molecule has 3 atom stereocenters. The average molecular weight is 260 g/mol. The van der Waals surface area contributed by atoms with Crippen LogP contribution in [0.15, 0.2) is 30.3 Å². The molecule has 0 aromatic heterocycles. The van der Waals surface area contributed by atoms with E-state index in [-0.39, 0.29) is 5.54 Å². The quantitative estimate of drug-likeness (QED) is 0.848. The molecule has 1 aliphatic carbocycles. The van der Waals surface area contributed by atoms with E-state index < -0.39 is 0 Å². The summed E-state index contributed by atoms with van der Waals surface area (Å²) in [5.41, 5.74) is 7.62. The Hall–Kier alpha value is -0.860. The molecule has 2 rings (SSSR count). The summed E-state index contributed by atoms with van der Waals surface area (Å²) >= 11 is 0. The van der Waals surface area contributed by atoms with E-state index in [2.05, 4.69) is 49.5 Å². The van der Waals surface area contributed by atoms with Crippen molar-refractivity contribution in [3.8, 4) is 0 Å². The van der Waals surface area contributed by atoms with Crippen molar-refractivity contribution in [2.75, 3.05) is 6.54 Å². The van der Waals surface area contributed by atoms with Crippen molar-refractivity contribution in [1.82, 2.24) is 5.32 Å². The van der Waals surface area contributed by atoms with Crippen LogP contribution in [0.5, 0.6) is 0 Å². The molecule has 19 heavy (non-hydrogen) atoms. The summed E-state index contributed by atoms with van der Waals surface area (Å²) in [5.74, 6) is 0.841. The highest BCUT2D eigenvalue weighted by molar-refractivity contribution is 5.19. The maximum absolute atomic E-state index is 6.12. The predicted octanol–water partition coefficient (Wildman–Crippen LogP) is 3.63. The van der Waals surface area contributed by atoms with Crippen molar-refractivity contribution in [3.63, 3.8) is 0 Å². The number of nitrogens with one attached hydrogen (secondary N) is 1. The third kappa shape index (κ3) is 3.58. The van der Waals surface area contributed by atoms with Gasteiger partial charge in [0.25, 0.3) is 0 Å². The zero-order chi connectivity index (χ0) is 13.7. The van der Waals surface area contributed by atoms with Crippen molar-refractivity contribution in [2.45, 2.75) is 57.5 Å². The third-order valence-electron chi connectivity index (χ3n) is 4.74. The lowest BCUT2D eigenvalue weighted by atomic mass is 9.74. The van der Waals surface area contributed by atoms with Gasteiger partial charge in [0.15, 0.2) is 0 Å². The van der Waals surface area contributed by atoms with Gasteiger partial charge < -0.3 is 11.1 Å². The second-order valence-corrected chi connectivity index (χ2v) is 6.13. The second-order valence-electron chi connectivity index (χ2n) is 6.13. The van der Waals surface area contributed by atoms with Crippen molar-refractivity contribution in [1.29, 1.82) is 0 Å². The molecule has 0 amide bonds. The molecule has 1 aromatic carbocycles. The molecule has 0 radical (unpaired) electrons. The fraction of sp³-hybridized carbons (Fsp3) is 0.647. The van der Waals surface area contributed by atoms with E-state index in [1.165, 1.54) is 37.7 Å². The van der Waals surface area contributed by atoms with Crippen LogP contribution in [0.4, 0.5) is 0 Å². The monoisotopic (exact) mass is 260 g/mol. The Bertz CT molecular complexity index is 376. The van der Waals surface area contributed by atoms with Gasteiger partial charge in [0.05, 0.1) is 0 Å². The zero-order valence-electron chi connectivity index (χ0n) is 12.4. The highest BCUT2D eigenvalue weighted by Crippen LogP contribution is 2.35. The van der Waals surface area contributed by atoms with Crippen LogP contribution in [0.1, 0.15) is 57.6 Å². The standard InChI is InChI=1S/C17H28N2/c1-3-15-8-7-11-17(12-15,13-18)19-14(2)16-9-5-4-6-10-16/h4-6,9-10,14-15,19H,3,7-8,11-13,18H2,1-2H3. The summed E-state index contributed by atoms with van der Waals surface area (Å²) < 4.78 is 0. The highest BCUT2D eigenvalue weighted by Gasteiger charge is 2.35. The van der Waals surface area contributed by atoms with Gasteiger partial charge in [-0.15, -0.1) is 0 Å². The van der Waals surface area contributed by atoms with Crippen LogP contribution in [0.3, 0.4) is 0 Å². The molecule has 2 heteroatoms. The fourth-order valence-electron chi connectivity index (χ4n) is 3.49. The van der Waals surface area contributed by atoms with E-state index in [0.29, 0.717) is 6.04 Å². The van der Waals surface area contributed by atoms with Crippen LogP contribution < -0.4 is 11.1 Å². The molecule has 0 saturated heterocycles. The molecule has 1 fully saturated rings. The Labute approximate surface area is 117 Å². The summed E-state index contributed by atoms with van der Waals surface area (Å²) in [6.07, 6.45) is 6.42. The topological polar surface area (TPSA) is 38.0 Å². The number of hydrogen-bond donors (Lipinski definition) is 2. The van der Waals surface area contributed by atoms with Crippen molar-refractivity contribution >= 4 is 0 Å². The summed E-state index contributed by atoms with van der Waals surface area (Å²) in [7, 11) is 0. The van der Waals surface area contributed by atoms with Gasteiger partial charge >= 0.3 is 0 Å². The number of nitrogens with two attached hydrogens (primary N) is 1. The SMILES string of the molecule is CCC1CCCC(CN)(NC(C)c2ccccc2)C1. The molecule has 0 heterocycles. The molecule has 1 aliphatic rings. The minimum Gasteiger partial charge on any atom is -0.329 e. The number of rotatable bonds is 5. The van der Waals surface area contributed by atoms with Crippen LogP contribution in [-0.4, -0.2) is 12.1 Å². The largest absolute Gasteiger partial charge is 0.329 e. The van der Waals surface area contributed by atoms with E-state index in [1.54, 1.807) is 0 Å². The Balaban J connectivity index is 2.05. The molecule has 1 aromatic rings. The molecule has 0 bridgehead atoms. The first kappa shape index (κ1) is 14.5. The van der Waals surface area contributed by atoms with E-state index in [9.17, 15) is 0 Å². The molecule has 3 N–H and O–H groups in total. The molecule has 1 saturated carbocycles. The first-order valence-electron chi connectivity index (χ1n) is 7.72. The fourth-order valence-corrected chi connectivity index (χ4v) is 3.49. The lowest BCUT2D eigenvalue weighted by Gasteiger charge is -2.43. The van der Waals surface area contributed by atoms with E-state index in [1.807, 2.05) is 0 Å². The maximum Gasteiger partial charge on any atom is 0.0312 e. The molecule has 0 aliphatic heterocycles. The van der Waals surface area contributed by atoms with E-state index >= 15 is 0 Å². The molecular formula is C17H28N2. The molecule has 106 valence electrons. The maximum atomic E-state index is 6.12. The third-order valence-corrected chi connectivity index (χ3v) is 4.74. The highest BCUT2D eigenvalue weighted by atomic mass is 15.0. The minimum absolute atomic E-state index is 0.147. The normalized spacial score (nSPS) is 29.1. The molecule has 2 nitrogen and oxygen atoms in total. The molecule has 3 unspecified atom stereocenters. The zero-order valence-corrected chi connectivity index (χ0v) is 12.4. The minimum atomic E-state index is 0.147. The van der Waals surface area contributed by atoms with Crippen LogP contribution >= 0.6 is 0 Å². The summed E-state index contributed by atoms with van der Waals surface area (Å²) in [6, 6.07) is 11.1. The van der Waals surface area contributed by atoms with Gasteiger partial charge in [-0.3, -0.25) is 0 Å². The second kappa shape index (κ2) is 6.53. The Kier molecular flexibility index (Phi) is 5.00. The van der Waals surface area contributed by atoms with Gasteiger partial charge in [0, 0.05) is 18.1 Å². The lowest BCUT2D eigenvalue weighted by molar-refractivity contribution is 0.167. The Morgan fingerprint density at radius 3 is 2.74 bits per heavy atom. The van der Waals surface area contributed by atoms with E-state index in [0.717, 1.165) is 12.5 Å².